The van der Waals surface area contributed by atoms with Gasteiger partial charge in [0.25, 0.3) is 0 Å². The quantitative estimate of drug-likeness (QED) is 0.882. The third kappa shape index (κ3) is 3.44. The van der Waals surface area contributed by atoms with Crippen LogP contribution in [0.4, 0.5) is 5.82 Å². The van der Waals surface area contributed by atoms with Crippen molar-refractivity contribution in [3.8, 4) is 0 Å². The van der Waals surface area contributed by atoms with Crippen LogP contribution in [0.2, 0.25) is 0 Å². The van der Waals surface area contributed by atoms with Crippen LogP contribution in [0.15, 0.2) is 16.7 Å². The van der Waals surface area contributed by atoms with Crippen LogP contribution in [0.3, 0.4) is 0 Å². The third-order valence-corrected chi connectivity index (χ3v) is 2.51. The van der Waals surface area contributed by atoms with Crippen LogP contribution in [-0.4, -0.2) is 37.4 Å². The van der Waals surface area contributed by atoms with Gasteiger partial charge in [-0.2, -0.15) is 0 Å². The van der Waals surface area contributed by atoms with E-state index in [0.717, 1.165) is 22.4 Å². The zero-order valence-corrected chi connectivity index (χ0v) is 10.5. The molecule has 0 saturated heterocycles. The van der Waals surface area contributed by atoms with Crippen molar-refractivity contribution in [3.05, 3.63) is 22.3 Å². The molecule has 1 aromatic rings. The first-order chi connectivity index (χ1) is 7.19. The van der Waals surface area contributed by atoms with Crippen LogP contribution in [0.25, 0.3) is 0 Å². The molecule has 0 fully saturated rings. The number of likely N-dealkylation sites (N-methyl/N-ethyl adjacent to an activating group) is 1. The molecule has 1 heterocycles. The Hall–Kier alpha value is -0.650. The molecule has 84 valence electrons. The van der Waals surface area contributed by atoms with Crippen molar-refractivity contribution >= 4 is 21.7 Å². The number of pyridine rings is 1. The lowest BCUT2D eigenvalue weighted by Crippen LogP contribution is -2.24. The molecule has 4 nitrogen and oxygen atoms in total. The zero-order chi connectivity index (χ0) is 11.3. The van der Waals surface area contributed by atoms with Gasteiger partial charge in [0, 0.05) is 36.9 Å². The predicted octanol–water partition coefficient (Wildman–Crippen LogP) is 1.42. The van der Waals surface area contributed by atoms with Crippen molar-refractivity contribution in [1.82, 2.24) is 4.98 Å². The molecule has 1 rings (SSSR count). The number of ether oxygens (including phenoxy) is 1. The summed E-state index contributed by atoms with van der Waals surface area (Å²) in [5.74, 6) is 0.790. The molecule has 0 aliphatic rings. The van der Waals surface area contributed by atoms with Crippen LogP contribution < -0.4 is 4.90 Å². The van der Waals surface area contributed by atoms with Gasteiger partial charge >= 0.3 is 0 Å². The highest BCUT2D eigenvalue weighted by atomic mass is 79.9. The van der Waals surface area contributed by atoms with E-state index in [4.69, 9.17) is 4.74 Å². The van der Waals surface area contributed by atoms with E-state index >= 15 is 0 Å². The van der Waals surface area contributed by atoms with E-state index in [-0.39, 0.29) is 6.61 Å². The molecule has 0 saturated carbocycles. The number of nitrogens with zero attached hydrogens (tertiary/aromatic N) is 2. The zero-order valence-electron chi connectivity index (χ0n) is 8.90. The standard InChI is InChI=1S/C10H15BrN2O2/c1-13(3-4-15-2)10-8(7-14)5-9(11)6-12-10/h5-6,14H,3-4,7H2,1-2H3. The smallest absolute Gasteiger partial charge is 0.133 e. The summed E-state index contributed by atoms with van der Waals surface area (Å²) in [7, 11) is 3.59. The topological polar surface area (TPSA) is 45.6 Å². The number of halogens is 1. The van der Waals surface area contributed by atoms with E-state index in [1.54, 1.807) is 13.3 Å². The lowest BCUT2D eigenvalue weighted by molar-refractivity contribution is 0.206. The summed E-state index contributed by atoms with van der Waals surface area (Å²) in [4.78, 5) is 6.23. The Bertz CT molecular complexity index is 320. The summed E-state index contributed by atoms with van der Waals surface area (Å²) in [5.41, 5.74) is 0.808. The minimum atomic E-state index is -0.0148. The summed E-state index contributed by atoms with van der Waals surface area (Å²) in [5, 5.41) is 9.20. The molecule has 0 bridgehead atoms. The minimum absolute atomic E-state index is 0.0148. The number of methoxy groups -OCH3 is 1. The molecule has 5 heteroatoms. The van der Waals surface area contributed by atoms with Crippen molar-refractivity contribution in [2.45, 2.75) is 6.61 Å². The summed E-state index contributed by atoms with van der Waals surface area (Å²) >= 11 is 3.32. The molecule has 0 spiro atoms. The summed E-state index contributed by atoms with van der Waals surface area (Å²) in [6, 6.07) is 1.87. The third-order valence-electron chi connectivity index (χ3n) is 2.07. The van der Waals surface area contributed by atoms with Crippen LogP contribution in [0.1, 0.15) is 5.56 Å². The summed E-state index contributed by atoms with van der Waals surface area (Å²) < 4.78 is 5.86. The summed E-state index contributed by atoms with van der Waals surface area (Å²) in [6.45, 7) is 1.37. The second-order valence-corrected chi connectivity index (χ2v) is 4.12. The van der Waals surface area contributed by atoms with E-state index in [1.165, 1.54) is 0 Å². The van der Waals surface area contributed by atoms with Crippen LogP contribution in [0.5, 0.6) is 0 Å². The first-order valence-electron chi connectivity index (χ1n) is 4.64. The molecule has 0 amide bonds. The van der Waals surface area contributed by atoms with Gasteiger partial charge < -0.3 is 14.7 Å². The van der Waals surface area contributed by atoms with E-state index in [1.807, 2.05) is 18.0 Å². The maximum atomic E-state index is 9.20. The SMILES string of the molecule is COCCN(C)c1ncc(Br)cc1CO. The molecule has 0 radical (unpaired) electrons. The number of hydrogen-bond donors (Lipinski definition) is 1. The molecular formula is C10H15BrN2O2. The number of rotatable bonds is 5. The monoisotopic (exact) mass is 274 g/mol. The Morgan fingerprint density at radius 3 is 2.93 bits per heavy atom. The highest BCUT2D eigenvalue weighted by Crippen LogP contribution is 2.20. The van der Waals surface area contributed by atoms with Gasteiger partial charge in [-0.1, -0.05) is 0 Å². The fraction of sp³-hybridized carbons (Fsp3) is 0.500. The van der Waals surface area contributed by atoms with Crippen molar-refractivity contribution in [2.24, 2.45) is 0 Å². The van der Waals surface area contributed by atoms with Gasteiger partial charge in [0.15, 0.2) is 0 Å². The van der Waals surface area contributed by atoms with Gasteiger partial charge in [0.05, 0.1) is 13.2 Å². The van der Waals surface area contributed by atoms with E-state index in [9.17, 15) is 5.11 Å². The lowest BCUT2D eigenvalue weighted by Gasteiger charge is -2.20. The van der Waals surface area contributed by atoms with Gasteiger partial charge in [0.2, 0.25) is 0 Å². The molecule has 0 aliphatic carbocycles. The summed E-state index contributed by atoms with van der Waals surface area (Å²) in [6.07, 6.45) is 1.72. The van der Waals surface area contributed by atoms with E-state index in [0.29, 0.717) is 6.61 Å². The Morgan fingerprint density at radius 1 is 1.60 bits per heavy atom. The lowest BCUT2D eigenvalue weighted by atomic mass is 10.2. The van der Waals surface area contributed by atoms with Gasteiger partial charge in [-0.3, -0.25) is 0 Å². The van der Waals surface area contributed by atoms with Crippen molar-refractivity contribution in [3.63, 3.8) is 0 Å². The molecule has 1 aromatic heterocycles. The molecule has 0 unspecified atom stereocenters. The number of aliphatic hydroxyl groups is 1. The Balaban J connectivity index is 2.82. The van der Waals surface area contributed by atoms with Gasteiger partial charge in [-0.15, -0.1) is 0 Å². The number of aliphatic hydroxyl groups excluding tert-OH is 1. The van der Waals surface area contributed by atoms with Crippen molar-refractivity contribution in [2.75, 3.05) is 32.2 Å². The maximum absolute atomic E-state index is 9.20. The number of aromatic nitrogens is 1. The average Bonchev–Trinajstić information content (AvgIpc) is 2.25. The second kappa shape index (κ2) is 6.05. The molecular weight excluding hydrogens is 260 g/mol. The van der Waals surface area contributed by atoms with Gasteiger partial charge in [0.1, 0.15) is 5.82 Å². The Morgan fingerprint density at radius 2 is 2.33 bits per heavy atom. The fourth-order valence-electron chi connectivity index (χ4n) is 1.27. The van der Waals surface area contributed by atoms with E-state index < -0.39 is 0 Å². The second-order valence-electron chi connectivity index (χ2n) is 3.21. The maximum Gasteiger partial charge on any atom is 0.133 e. The highest BCUT2D eigenvalue weighted by molar-refractivity contribution is 9.10. The van der Waals surface area contributed by atoms with Gasteiger partial charge in [-0.25, -0.2) is 4.98 Å². The first kappa shape index (κ1) is 12.4. The van der Waals surface area contributed by atoms with E-state index in [2.05, 4.69) is 20.9 Å². The van der Waals surface area contributed by atoms with Crippen molar-refractivity contribution in [1.29, 1.82) is 0 Å². The predicted molar refractivity (Wildman–Crippen MR) is 63.0 cm³/mol. The minimum Gasteiger partial charge on any atom is -0.392 e. The molecule has 1 N–H and O–H groups in total. The van der Waals surface area contributed by atoms with Crippen LogP contribution >= 0.6 is 15.9 Å². The number of hydrogen-bond acceptors (Lipinski definition) is 4. The Labute approximate surface area is 98.0 Å². The average molecular weight is 275 g/mol. The fourth-order valence-corrected chi connectivity index (χ4v) is 1.65. The molecule has 0 atom stereocenters. The first-order valence-corrected chi connectivity index (χ1v) is 5.43. The largest absolute Gasteiger partial charge is 0.392 e. The molecule has 15 heavy (non-hydrogen) atoms. The number of anilines is 1. The van der Waals surface area contributed by atoms with Crippen LogP contribution in [0, 0.1) is 0 Å². The molecule has 0 aromatic carbocycles. The van der Waals surface area contributed by atoms with Crippen LogP contribution in [-0.2, 0) is 11.3 Å². The Kier molecular flexibility index (Phi) is 5.01. The normalized spacial score (nSPS) is 10.4. The van der Waals surface area contributed by atoms with Crippen molar-refractivity contribution < 1.29 is 9.84 Å². The van der Waals surface area contributed by atoms with Gasteiger partial charge in [-0.05, 0) is 22.0 Å². The highest BCUT2D eigenvalue weighted by Gasteiger charge is 2.08. The molecule has 0 aliphatic heterocycles.